The number of fused-ring (bicyclic) bond motifs is 1. The molecule has 0 aliphatic rings. The molecule has 0 atom stereocenters. The van der Waals surface area contributed by atoms with Gasteiger partial charge in [-0.2, -0.15) is 0 Å². The molecule has 0 radical (unpaired) electrons. The molecule has 6 nitrogen and oxygen atoms in total. The summed E-state index contributed by atoms with van der Waals surface area (Å²) >= 11 is 0. The number of rotatable bonds is 8. The molecule has 0 spiro atoms. The van der Waals surface area contributed by atoms with Gasteiger partial charge in [-0.3, -0.25) is 4.79 Å². The highest BCUT2D eigenvalue weighted by molar-refractivity contribution is 5.98. The molecule has 0 saturated heterocycles. The molecule has 198 valence electrons. The van der Waals surface area contributed by atoms with Crippen molar-refractivity contribution in [1.29, 1.82) is 0 Å². The number of carbonyl (C=O) groups excluding carboxylic acids is 1. The van der Waals surface area contributed by atoms with Gasteiger partial charge in [0.2, 0.25) is 0 Å². The first kappa shape index (κ1) is 27.0. The summed E-state index contributed by atoms with van der Waals surface area (Å²) in [5.74, 6) is 0.896. The normalized spacial score (nSPS) is 11.5. The second kappa shape index (κ2) is 11.5. The van der Waals surface area contributed by atoms with Gasteiger partial charge in [0, 0.05) is 28.6 Å². The molecule has 3 aromatic carbocycles. The van der Waals surface area contributed by atoms with Gasteiger partial charge < -0.3 is 19.4 Å². The van der Waals surface area contributed by atoms with Crippen LogP contribution in [0.2, 0.25) is 0 Å². The van der Waals surface area contributed by atoms with Crippen LogP contribution in [0, 0.1) is 5.92 Å². The topological polar surface area (TPSA) is 69.6 Å². The van der Waals surface area contributed by atoms with Crippen molar-refractivity contribution in [3.63, 3.8) is 0 Å². The van der Waals surface area contributed by atoms with Crippen LogP contribution in [-0.4, -0.2) is 16.3 Å². The second-order valence-corrected chi connectivity index (χ2v) is 10.8. The first-order valence-corrected chi connectivity index (χ1v) is 13.0. The summed E-state index contributed by atoms with van der Waals surface area (Å²) in [6, 6.07) is 25.5. The Kier molecular flexibility index (Phi) is 8.20. The van der Waals surface area contributed by atoms with Crippen LogP contribution in [0.25, 0.3) is 21.9 Å². The van der Waals surface area contributed by atoms with E-state index in [9.17, 15) is 9.59 Å². The Balaban J connectivity index is 1.86. The molecule has 1 aromatic heterocycles. The maximum absolute atomic E-state index is 13.8. The summed E-state index contributed by atoms with van der Waals surface area (Å²) in [6.07, 6.45) is -0.528. The van der Waals surface area contributed by atoms with Crippen LogP contribution in [-0.2, 0) is 24.4 Å². The minimum Gasteiger partial charge on any atom is -0.489 e. The highest BCUT2D eigenvalue weighted by Gasteiger charge is 2.22. The number of alkyl carbamates (subject to hydrolysis) is 1. The van der Waals surface area contributed by atoms with E-state index in [1.807, 2.05) is 99.6 Å². The van der Waals surface area contributed by atoms with E-state index < -0.39 is 11.7 Å². The van der Waals surface area contributed by atoms with E-state index in [-0.39, 0.29) is 18.0 Å². The third-order valence-corrected chi connectivity index (χ3v) is 6.01. The maximum Gasteiger partial charge on any atom is 0.407 e. The lowest BCUT2D eigenvalue weighted by Crippen LogP contribution is -2.35. The van der Waals surface area contributed by atoms with Crippen LogP contribution in [0.5, 0.6) is 5.75 Å². The molecule has 1 heterocycles. The third kappa shape index (κ3) is 6.62. The van der Waals surface area contributed by atoms with Gasteiger partial charge in [0.15, 0.2) is 0 Å². The van der Waals surface area contributed by atoms with Crippen LogP contribution in [0.1, 0.15) is 45.9 Å². The van der Waals surface area contributed by atoms with Crippen molar-refractivity contribution < 1.29 is 14.3 Å². The summed E-state index contributed by atoms with van der Waals surface area (Å²) in [5, 5.41) is 4.27. The molecule has 0 aliphatic heterocycles. The first-order chi connectivity index (χ1) is 18.1. The molecule has 6 heteroatoms. The van der Waals surface area contributed by atoms with Gasteiger partial charge in [-0.1, -0.05) is 74.5 Å². The highest BCUT2D eigenvalue weighted by Crippen LogP contribution is 2.33. The zero-order valence-corrected chi connectivity index (χ0v) is 22.8. The quantitative estimate of drug-likeness (QED) is 0.278. The molecule has 0 aliphatic carbocycles. The van der Waals surface area contributed by atoms with Gasteiger partial charge >= 0.3 is 6.09 Å². The monoisotopic (exact) mass is 512 g/mol. The summed E-state index contributed by atoms with van der Waals surface area (Å²) in [5.41, 5.74) is 2.92. The Morgan fingerprint density at radius 3 is 2.21 bits per heavy atom. The van der Waals surface area contributed by atoms with Crippen LogP contribution >= 0.6 is 0 Å². The first-order valence-electron chi connectivity index (χ1n) is 13.0. The fraction of sp³-hybridized carbons (Fsp3) is 0.312. The number of nitrogens with one attached hydrogen (secondary N) is 1. The van der Waals surface area contributed by atoms with Gasteiger partial charge in [0.25, 0.3) is 5.56 Å². The molecule has 38 heavy (non-hydrogen) atoms. The summed E-state index contributed by atoms with van der Waals surface area (Å²) in [4.78, 5) is 26.4. The standard InChI is InChI=1S/C32H36N2O4/c1-22(2)20-34-28(19-33-31(36)38-32(3,4)5)29(24-14-10-7-11-15-24)27-18-25(16-17-26(27)30(34)35)37-21-23-12-8-6-9-13-23/h6-18,22H,19-21H2,1-5H3,(H,33,36). The van der Waals surface area contributed by atoms with Crippen molar-refractivity contribution in [3.8, 4) is 16.9 Å². The van der Waals surface area contributed by atoms with Gasteiger partial charge in [-0.15, -0.1) is 0 Å². The number of amides is 1. The summed E-state index contributed by atoms with van der Waals surface area (Å²) in [6.45, 7) is 10.7. The van der Waals surface area contributed by atoms with Crippen LogP contribution in [0.3, 0.4) is 0 Å². The van der Waals surface area contributed by atoms with Crippen molar-refractivity contribution in [2.45, 2.75) is 59.9 Å². The van der Waals surface area contributed by atoms with Gasteiger partial charge in [-0.25, -0.2) is 4.79 Å². The molecular formula is C32H36N2O4. The lowest BCUT2D eigenvalue weighted by atomic mass is 9.96. The fourth-order valence-corrected chi connectivity index (χ4v) is 4.44. The second-order valence-electron chi connectivity index (χ2n) is 10.8. The van der Waals surface area contributed by atoms with E-state index in [1.54, 1.807) is 4.57 Å². The smallest absolute Gasteiger partial charge is 0.407 e. The molecule has 0 unspecified atom stereocenters. The molecule has 4 rings (SSSR count). The molecule has 4 aromatic rings. The minimum absolute atomic E-state index is 0.0935. The van der Waals surface area contributed by atoms with E-state index >= 15 is 0 Å². The average molecular weight is 513 g/mol. The number of nitrogens with zero attached hydrogens (tertiary/aromatic N) is 1. The number of aromatic nitrogens is 1. The Morgan fingerprint density at radius 1 is 0.921 bits per heavy atom. The Labute approximate surface area is 224 Å². The number of pyridine rings is 1. The summed E-state index contributed by atoms with van der Waals surface area (Å²) < 4.78 is 13.4. The third-order valence-electron chi connectivity index (χ3n) is 6.01. The zero-order valence-electron chi connectivity index (χ0n) is 22.8. The largest absolute Gasteiger partial charge is 0.489 e. The van der Waals surface area contributed by atoms with Crippen LogP contribution < -0.4 is 15.6 Å². The van der Waals surface area contributed by atoms with Gasteiger partial charge in [0.05, 0.1) is 6.54 Å². The van der Waals surface area contributed by atoms with Gasteiger partial charge in [0.1, 0.15) is 18.0 Å². The highest BCUT2D eigenvalue weighted by atomic mass is 16.6. The van der Waals surface area contributed by atoms with E-state index in [1.165, 1.54) is 0 Å². The van der Waals surface area contributed by atoms with E-state index in [2.05, 4.69) is 19.2 Å². The van der Waals surface area contributed by atoms with Crippen LogP contribution in [0.15, 0.2) is 83.7 Å². The Morgan fingerprint density at radius 2 is 1.58 bits per heavy atom. The van der Waals surface area contributed by atoms with E-state index in [0.29, 0.717) is 24.3 Å². The van der Waals surface area contributed by atoms with E-state index in [4.69, 9.17) is 9.47 Å². The van der Waals surface area contributed by atoms with Crippen LogP contribution in [0.4, 0.5) is 4.79 Å². The van der Waals surface area contributed by atoms with E-state index in [0.717, 1.165) is 27.8 Å². The lowest BCUT2D eigenvalue weighted by Gasteiger charge is -2.23. The fourth-order valence-electron chi connectivity index (χ4n) is 4.44. The van der Waals surface area contributed by atoms with Crippen molar-refractivity contribution in [2.24, 2.45) is 5.92 Å². The molecule has 1 N–H and O–H groups in total. The number of hydrogen-bond donors (Lipinski definition) is 1. The molecule has 0 fully saturated rings. The SMILES string of the molecule is CC(C)Cn1c(CNC(=O)OC(C)(C)C)c(-c2ccccc2)c2cc(OCc3ccccc3)ccc2c1=O. The lowest BCUT2D eigenvalue weighted by molar-refractivity contribution is 0.0522. The predicted octanol–water partition coefficient (Wildman–Crippen LogP) is 6.93. The molecular weight excluding hydrogens is 476 g/mol. The minimum atomic E-state index is -0.627. The summed E-state index contributed by atoms with van der Waals surface area (Å²) in [7, 11) is 0. The number of carbonyl (C=O) groups is 1. The zero-order chi connectivity index (χ0) is 27.3. The average Bonchev–Trinajstić information content (AvgIpc) is 2.88. The Bertz CT molecular complexity index is 1450. The number of hydrogen-bond acceptors (Lipinski definition) is 4. The molecule has 0 bridgehead atoms. The van der Waals surface area contributed by atoms with Gasteiger partial charge in [-0.05, 0) is 56.0 Å². The number of ether oxygens (including phenoxy) is 2. The van der Waals surface area contributed by atoms with Crippen molar-refractivity contribution in [3.05, 3.63) is 100 Å². The molecule has 0 saturated carbocycles. The van der Waals surface area contributed by atoms with Crippen molar-refractivity contribution in [1.82, 2.24) is 9.88 Å². The number of benzene rings is 3. The molecule has 1 amide bonds. The van der Waals surface area contributed by atoms with Crippen molar-refractivity contribution in [2.75, 3.05) is 0 Å². The maximum atomic E-state index is 13.8. The Hall–Kier alpha value is -4.06. The van der Waals surface area contributed by atoms with Crippen molar-refractivity contribution >= 4 is 16.9 Å². The predicted molar refractivity (Wildman–Crippen MR) is 152 cm³/mol.